The molecule has 1 fully saturated rings. The average Bonchev–Trinajstić information content (AvgIpc) is 2.94. The molecule has 1 aliphatic rings. The highest BCUT2D eigenvalue weighted by atomic mass is 16.6. The van der Waals surface area contributed by atoms with Crippen LogP contribution in [0.1, 0.15) is 6.23 Å². The van der Waals surface area contributed by atoms with E-state index in [-0.39, 0.29) is 12.4 Å². The van der Waals surface area contributed by atoms with Crippen LogP contribution < -0.4 is 5.73 Å². The van der Waals surface area contributed by atoms with Crippen LogP contribution in [0.25, 0.3) is 10.9 Å². The first-order valence-corrected chi connectivity index (χ1v) is 5.83. The first-order chi connectivity index (χ1) is 9.13. The van der Waals surface area contributed by atoms with E-state index in [2.05, 4.69) is 10.2 Å². The minimum atomic E-state index is -1.14. The van der Waals surface area contributed by atoms with Gasteiger partial charge >= 0.3 is 0 Å². The van der Waals surface area contributed by atoms with Crippen LogP contribution in [0.15, 0.2) is 18.5 Å². The molecule has 0 aliphatic carbocycles. The van der Waals surface area contributed by atoms with Crippen molar-refractivity contribution in [2.24, 2.45) is 0 Å². The number of nitrogens with two attached hydrogens (primary N) is 1. The molecule has 0 saturated carbocycles. The highest BCUT2D eigenvalue weighted by Crippen LogP contribution is 2.32. The average molecular weight is 266 g/mol. The Morgan fingerprint density at radius 1 is 1.37 bits per heavy atom. The Balaban J connectivity index is 2.04. The molecule has 2 aromatic rings. The van der Waals surface area contributed by atoms with Crippen molar-refractivity contribution in [2.75, 3.05) is 12.3 Å². The zero-order chi connectivity index (χ0) is 13.6. The van der Waals surface area contributed by atoms with Crippen molar-refractivity contribution in [1.29, 1.82) is 0 Å². The molecule has 5 N–H and O–H groups in total. The molecular formula is C11H14N4O4. The molecule has 1 saturated heterocycles. The molecule has 102 valence electrons. The topological polar surface area (TPSA) is 127 Å². The molecular weight excluding hydrogens is 252 g/mol. The summed E-state index contributed by atoms with van der Waals surface area (Å²) in [5.41, 5.74) is 6.35. The van der Waals surface area contributed by atoms with Crippen molar-refractivity contribution in [3.05, 3.63) is 18.5 Å². The Morgan fingerprint density at radius 2 is 2.16 bits per heavy atom. The molecule has 0 amide bonds. The Hall–Kier alpha value is -1.74. The predicted octanol–water partition coefficient (Wildman–Crippen LogP) is -1.38. The van der Waals surface area contributed by atoms with Crippen molar-refractivity contribution in [3.63, 3.8) is 0 Å². The highest BCUT2D eigenvalue weighted by Gasteiger charge is 2.43. The van der Waals surface area contributed by atoms with E-state index in [1.165, 1.54) is 6.20 Å². The van der Waals surface area contributed by atoms with E-state index >= 15 is 0 Å². The number of hydrogen-bond donors (Lipinski definition) is 4. The van der Waals surface area contributed by atoms with Gasteiger partial charge in [0.1, 0.15) is 18.3 Å². The van der Waals surface area contributed by atoms with Gasteiger partial charge in [-0.15, -0.1) is 5.10 Å². The first kappa shape index (κ1) is 12.3. The van der Waals surface area contributed by atoms with Gasteiger partial charge in [-0.05, 0) is 6.07 Å². The molecule has 0 spiro atoms. The minimum absolute atomic E-state index is 0.281. The molecule has 1 unspecified atom stereocenters. The van der Waals surface area contributed by atoms with Crippen LogP contribution in [-0.2, 0) is 4.74 Å². The maximum Gasteiger partial charge on any atom is 0.163 e. The second-order valence-corrected chi connectivity index (χ2v) is 4.48. The second kappa shape index (κ2) is 4.42. The van der Waals surface area contributed by atoms with Gasteiger partial charge in [-0.25, -0.2) is 0 Å². The fourth-order valence-electron chi connectivity index (χ4n) is 2.34. The highest BCUT2D eigenvalue weighted by molar-refractivity contribution is 5.88. The molecule has 8 heteroatoms. The van der Waals surface area contributed by atoms with Crippen LogP contribution >= 0.6 is 0 Å². The lowest BCUT2D eigenvalue weighted by atomic mass is 10.1. The summed E-state index contributed by atoms with van der Waals surface area (Å²) in [4.78, 5) is 0. The quantitative estimate of drug-likeness (QED) is 0.528. The molecule has 3 heterocycles. The molecule has 8 nitrogen and oxygen atoms in total. The van der Waals surface area contributed by atoms with Crippen molar-refractivity contribution >= 4 is 16.7 Å². The summed E-state index contributed by atoms with van der Waals surface area (Å²) in [6.45, 7) is -0.365. The Morgan fingerprint density at radius 3 is 2.84 bits per heavy atom. The SMILES string of the molecule is Nc1nncc2c1ccn2C1O[C@H](CO)[C@@H](O)[C@H]1O. The van der Waals surface area contributed by atoms with Crippen molar-refractivity contribution in [3.8, 4) is 0 Å². The lowest BCUT2D eigenvalue weighted by Gasteiger charge is -2.17. The largest absolute Gasteiger partial charge is 0.394 e. The maximum absolute atomic E-state index is 9.99. The van der Waals surface area contributed by atoms with E-state index in [0.717, 1.165) is 0 Å². The van der Waals surface area contributed by atoms with E-state index in [9.17, 15) is 10.2 Å². The molecule has 1 aliphatic heterocycles. The third kappa shape index (κ3) is 1.77. The van der Waals surface area contributed by atoms with Crippen LogP contribution in [0.3, 0.4) is 0 Å². The number of hydrogen-bond acceptors (Lipinski definition) is 7. The normalized spacial score (nSPS) is 31.1. The van der Waals surface area contributed by atoms with Gasteiger partial charge in [-0.3, -0.25) is 0 Å². The Kier molecular flexibility index (Phi) is 2.86. The third-order valence-corrected chi connectivity index (χ3v) is 3.37. The van der Waals surface area contributed by atoms with Crippen molar-refractivity contribution in [2.45, 2.75) is 24.5 Å². The lowest BCUT2D eigenvalue weighted by Crippen LogP contribution is -2.33. The Bertz CT molecular complexity index is 601. The number of nitrogens with zero attached hydrogens (tertiary/aromatic N) is 3. The summed E-state index contributed by atoms with van der Waals surface area (Å²) in [6, 6.07) is 1.73. The predicted molar refractivity (Wildman–Crippen MR) is 64.9 cm³/mol. The van der Waals surface area contributed by atoms with E-state index < -0.39 is 24.5 Å². The van der Waals surface area contributed by atoms with E-state index in [4.69, 9.17) is 15.6 Å². The molecule has 0 bridgehead atoms. The molecule has 0 radical (unpaired) electrons. The number of fused-ring (bicyclic) bond motifs is 1. The zero-order valence-electron chi connectivity index (χ0n) is 9.92. The standard InChI is InChI=1S/C11H14N4O4/c12-10-5-1-2-15(6(5)3-13-14-10)11-9(18)8(17)7(4-16)19-11/h1-3,7-9,11,16-18H,4H2,(H2,12,14)/t7-,8-,9-,11?/m1/s1. The zero-order valence-corrected chi connectivity index (χ0v) is 9.92. The summed E-state index contributed by atoms with van der Waals surface area (Å²) < 4.78 is 7.07. The minimum Gasteiger partial charge on any atom is -0.394 e. The van der Waals surface area contributed by atoms with E-state index in [0.29, 0.717) is 10.9 Å². The van der Waals surface area contributed by atoms with Gasteiger partial charge in [-0.2, -0.15) is 5.10 Å². The smallest absolute Gasteiger partial charge is 0.163 e. The summed E-state index contributed by atoms with van der Waals surface area (Å²) in [7, 11) is 0. The van der Waals surface area contributed by atoms with Gasteiger partial charge in [0.2, 0.25) is 0 Å². The number of aliphatic hydroxyl groups excluding tert-OH is 3. The van der Waals surface area contributed by atoms with Crippen LogP contribution in [0.2, 0.25) is 0 Å². The fraction of sp³-hybridized carbons (Fsp3) is 0.455. The van der Waals surface area contributed by atoms with Gasteiger partial charge in [0.25, 0.3) is 0 Å². The van der Waals surface area contributed by atoms with Crippen LogP contribution in [0.4, 0.5) is 5.82 Å². The summed E-state index contributed by atoms with van der Waals surface area (Å²) in [6.07, 6.45) is -0.717. The van der Waals surface area contributed by atoms with Crippen LogP contribution in [-0.4, -0.2) is 55.0 Å². The lowest BCUT2D eigenvalue weighted by molar-refractivity contribution is -0.0506. The molecule has 3 rings (SSSR count). The van der Waals surface area contributed by atoms with Crippen molar-refractivity contribution in [1.82, 2.24) is 14.8 Å². The van der Waals surface area contributed by atoms with E-state index in [1.54, 1.807) is 16.8 Å². The number of nitrogen functional groups attached to an aromatic ring is 1. The van der Waals surface area contributed by atoms with Gasteiger partial charge in [0.05, 0.1) is 18.3 Å². The summed E-state index contributed by atoms with van der Waals surface area (Å²) in [5, 5.41) is 37.0. The second-order valence-electron chi connectivity index (χ2n) is 4.48. The number of rotatable bonds is 2. The van der Waals surface area contributed by atoms with Crippen LogP contribution in [0.5, 0.6) is 0 Å². The van der Waals surface area contributed by atoms with E-state index in [1.807, 2.05) is 0 Å². The van der Waals surface area contributed by atoms with Crippen LogP contribution in [0, 0.1) is 0 Å². The molecule has 2 aromatic heterocycles. The fourth-order valence-corrected chi connectivity index (χ4v) is 2.34. The Labute approximate surface area is 108 Å². The molecule has 0 aromatic carbocycles. The molecule has 19 heavy (non-hydrogen) atoms. The van der Waals surface area contributed by atoms with Gasteiger partial charge in [0, 0.05) is 11.6 Å². The summed E-state index contributed by atoms with van der Waals surface area (Å²) in [5.74, 6) is 0.281. The number of aliphatic hydroxyl groups is 3. The molecule has 4 atom stereocenters. The summed E-state index contributed by atoms with van der Waals surface area (Å²) >= 11 is 0. The van der Waals surface area contributed by atoms with Gasteiger partial charge < -0.3 is 30.4 Å². The first-order valence-electron chi connectivity index (χ1n) is 5.83. The maximum atomic E-state index is 9.99. The van der Waals surface area contributed by atoms with Gasteiger partial charge in [-0.1, -0.05) is 0 Å². The van der Waals surface area contributed by atoms with Crippen molar-refractivity contribution < 1.29 is 20.1 Å². The monoisotopic (exact) mass is 266 g/mol. The number of ether oxygens (including phenoxy) is 1. The number of aromatic nitrogens is 3. The number of anilines is 1. The van der Waals surface area contributed by atoms with Gasteiger partial charge in [0.15, 0.2) is 12.0 Å². The third-order valence-electron chi connectivity index (χ3n) is 3.37.